The van der Waals surface area contributed by atoms with Crippen LogP contribution in [0.2, 0.25) is 0 Å². The first-order chi connectivity index (χ1) is 23.1. The van der Waals surface area contributed by atoms with Crippen LogP contribution in [0.5, 0.6) is 0 Å². The van der Waals surface area contributed by atoms with Crippen LogP contribution < -0.4 is 10.6 Å². The number of benzene rings is 6. The fourth-order valence-electron chi connectivity index (χ4n) is 7.28. The van der Waals surface area contributed by atoms with E-state index in [0.29, 0.717) is 5.66 Å². The molecule has 8 rings (SSSR count). The van der Waals surface area contributed by atoms with Gasteiger partial charge in [-0.2, -0.15) is 0 Å². The van der Waals surface area contributed by atoms with Gasteiger partial charge in [0.15, 0.2) is 0 Å². The molecule has 6 aromatic carbocycles. The Balaban J connectivity index is 1.15. The summed E-state index contributed by atoms with van der Waals surface area (Å²) < 4.78 is 0. The van der Waals surface area contributed by atoms with Gasteiger partial charge in [-0.1, -0.05) is 133 Å². The van der Waals surface area contributed by atoms with Crippen LogP contribution in [0, 0.1) is 13.8 Å². The van der Waals surface area contributed by atoms with E-state index in [0.717, 1.165) is 16.8 Å². The Morgan fingerprint density at radius 2 is 1.32 bits per heavy atom. The SMILES string of the molecule is Cc1ccccc1-c1c(-c2ccc(-c3ccc4cc(P(c5ccccc5)C5C=CCCC5)ccc4c3)cc2)nc2ccccc2c1C. The highest BCUT2D eigenvalue weighted by molar-refractivity contribution is 7.73. The number of hydrogen-bond acceptors (Lipinski definition) is 1. The van der Waals surface area contributed by atoms with Crippen LogP contribution in [0.25, 0.3) is 55.2 Å². The van der Waals surface area contributed by atoms with E-state index in [1.807, 2.05) is 0 Å². The summed E-state index contributed by atoms with van der Waals surface area (Å²) in [5.74, 6) is 0. The Labute approximate surface area is 279 Å². The first-order valence-corrected chi connectivity index (χ1v) is 18.2. The summed E-state index contributed by atoms with van der Waals surface area (Å²) in [6, 6.07) is 51.4. The minimum absolute atomic E-state index is 0.448. The van der Waals surface area contributed by atoms with Crippen molar-refractivity contribution >= 4 is 40.2 Å². The lowest BCUT2D eigenvalue weighted by molar-refractivity contribution is 0.738. The molecule has 1 aliphatic carbocycles. The van der Waals surface area contributed by atoms with Crippen LogP contribution >= 0.6 is 7.92 Å². The van der Waals surface area contributed by atoms with Gasteiger partial charge in [-0.25, -0.2) is 4.98 Å². The molecule has 0 aliphatic heterocycles. The molecule has 0 saturated carbocycles. The van der Waals surface area contributed by atoms with Gasteiger partial charge in [0.1, 0.15) is 0 Å². The number of pyridine rings is 1. The van der Waals surface area contributed by atoms with Crippen molar-refractivity contribution < 1.29 is 0 Å². The summed E-state index contributed by atoms with van der Waals surface area (Å²) in [5.41, 5.74) is 11.3. The minimum atomic E-state index is -0.448. The summed E-state index contributed by atoms with van der Waals surface area (Å²) in [7, 11) is -0.448. The number of nitrogens with zero attached hydrogens (tertiary/aromatic N) is 1. The number of allylic oxidation sites excluding steroid dienone is 2. The van der Waals surface area contributed by atoms with E-state index in [9.17, 15) is 0 Å². The van der Waals surface area contributed by atoms with Gasteiger partial charge in [-0.05, 0) is 108 Å². The van der Waals surface area contributed by atoms with Crippen molar-refractivity contribution in [1.29, 1.82) is 0 Å². The summed E-state index contributed by atoms with van der Waals surface area (Å²) in [6.07, 6.45) is 8.64. The number of aryl methyl sites for hydroxylation is 2. The van der Waals surface area contributed by atoms with Crippen LogP contribution in [0.4, 0.5) is 0 Å². The van der Waals surface area contributed by atoms with Crippen LogP contribution in [0.3, 0.4) is 0 Å². The molecule has 7 aromatic rings. The molecule has 2 unspecified atom stereocenters. The Morgan fingerprint density at radius 1 is 0.617 bits per heavy atom. The quantitative estimate of drug-likeness (QED) is 0.133. The van der Waals surface area contributed by atoms with E-state index in [1.165, 1.54) is 79.4 Å². The van der Waals surface area contributed by atoms with Crippen molar-refractivity contribution in [2.45, 2.75) is 38.8 Å². The average molecular weight is 624 g/mol. The molecule has 0 radical (unpaired) electrons. The first kappa shape index (κ1) is 29.6. The zero-order valence-corrected chi connectivity index (χ0v) is 27.9. The fourth-order valence-corrected chi connectivity index (χ4v) is 10.1. The van der Waals surface area contributed by atoms with Crippen molar-refractivity contribution in [3.8, 4) is 33.5 Å². The lowest BCUT2D eigenvalue weighted by atomic mass is 9.90. The van der Waals surface area contributed by atoms with Crippen molar-refractivity contribution in [3.05, 3.63) is 163 Å². The van der Waals surface area contributed by atoms with Gasteiger partial charge in [0, 0.05) is 22.2 Å². The summed E-state index contributed by atoms with van der Waals surface area (Å²) >= 11 is 0. The normalized spacial score (nSPS) is 15.2. The molecule has 1 aliphatic rings. The van der Waals surface area contributed by atoms with E-state index in [1.54, 1.807) is 0 Å². The Morgan fingerprint density at radius 3 is 2.13 bits per heavy atom. The van der Waals surface area contributed by atoms with Gasteiger partial charge in [-0.15, -0.1) is 0 Å². The summed E-state index contributed by atoms with van der Waals surface area (Å²) in [5, 5.41) is 6.74. The van der Waals surface area contributed by atoms with E-state index in [2.05, 4.69) is 166 Å². The van der Waals surface area contributed by atoms with Crippen molar-refractivity contribution in [2.24, 2.45) is 0 Å². The van der Waals surface area contributed by atoms with E-state index in [-0.39, 0.29) is 0 Å². The molecular formula is C45H38NP. The average Bonchev–Trinajstić information content (AvgIpc) is 3.13. The predicted molar refractivity (Wildman–Crippen MR) is 204 cm³/mol. The molecule has 0 amide bonds. The number of para-hydroxylation sites is 1. The second-order valence-corrected chi connectivity index (χ2v) is 15.2. The third kappa shape index (κ3) is 5.71. The Hall–Kier alpha value is -4.84. The monoisotopic (exact) mass is 623 g/mol. The zero-order valence-electron chi connectivity index (χ0n) is 27.0. The van der Waals surface area contributed by atoms with Crippen LogP contribution in [-0.4, -0.2) is 10.6 Å². The molecule has 47 heavy (non-hydrogen) atoms. The second kappa shape index (κ2) is 12.7. The summed E-state index contributed by atoms with van der Waals surface area (Å²) in [4.78, 5) is 5.24. The second-order valence-electron chi connectivity index (χ2n) is 12.7. The highest BCUT2D eigenvalue weighted by Gasteiger charge is 2.24. The Bertz CT molecular complexity index is 2250. The maximum absolute atomic E-state index is 5.24. The molecule has 2 atom stereocenters. The summed E-state index contributed by atoms with van der Waals surface area (Å²) in [6.45, 7) is 4.43. The van der Waals surface area contributed by atoms with Gasteiger partial charge in [0.2, 0.25) is 0 Å². The largest absolute Gasteiger partial charge is 0.247 e. The van der Waals surface area contributed by atoms with Gasteiger partial charge in [0.25, 0.3) is 0 Å². The van der Waals surface area contributed by atoms with Gasteiger partial charge < -0.3 is 0 Å². The van der Waals surface area contributed by atoms with Crippen molar-refractivity contribution in [1.82, 2.24) is 4.98 Å². The van der Waals surface area contributed by atoms with E-state index >= 15 is 0 Å². The molecular weight excluding hydrogens is 585 g/mol. The molecule has 1 heterocycles. The van der Waals surface area contributed by atoms with Gasteiger partial charge in [0.05, 0.1) is 11.2 Å². The highest BCUT2D eigenvalue weighted by atomic mass is 31.1. The lowest BCUT2D eigenvalue weighted by Gasteiger charge is -2.28. The Kier molecular flexibility index (Phi) is 8.02. The van der Waals surface area contributed by atoms with Gasteiger partial charge in [-0.3, -0.25) is 0 Å². The molecule has 0 saturated heterocycles. The third-order valence-electron chi connectivity index (χ3n) is 9.76. The molecule has 2 heteroatoms. The highest BCUT2D eigenvalue weighted by Crippen LogP contribution is 2.45. The molecule has 1 aromatic heterocycles. The maximum atomic E-state index is 5.24. The lowest BCUT2D eigenvalue weighted by Crippen LogP contribution is -2.21. The topological polar surface area (TPSA) is 12.9 Å². The van der Waals surface area contributed by atoms with E-state index in [4.69, 9.17) is 4.98 Å². The van der Waals surface area contributed by atoms with Crippen molar-refractivity contribution in [2.75, 3.05) is 0 Å². The molecule has 1 nitrogen and oxygen atoms in total. The number of aromatic nitrogens is 1. The minimum Gasteiger partial charge on any atom is -0.247 e. The zero-order chi connectivity index (χ0) is 31.7. The van der Waals surface area contributed by atoms with Crippen LogP contribution in [-0.2, 0) is 0 Å². The van der Waals surface area contributed by atoms with Crippen LogP contribution in [0.15, 0.2) is 152 Å². The molecule has 0 bridgehead atoms. The molecule has 228 valence electrons. The molecule has 0 spiro atoms. The number of rotatable bonds is 6. The fraction of sp³-hybridized carbons (Fsp3) is 0.133. The van der Waals surface area contributed by atoms with Crippen LogP contribution in [0.1, 0.15) is 30.4 Å². The first-order valence-electron chi connectivity index (χ1n) is 16.7. The number of hydrogen-bond donors (Lipinski definition) is 0. The van der Waals surface area contributed by atoms with Crippen molar-refractivity contribution in [3.63, 3.8) is 0 Å². The van der Waals surface area contributed by atoms with E-state index < -0.39 is 7.92 Å². The smallest absolute Gasteiger partial charge is 0.0790 e. The number of fused-ring (bicyclic) bond motifs is 2. The standard InChI is InChI=1S/C45H38NP/c1-31-13-9-10-18-41(31)44-32(2)42-19-11-12-20-43(42)46-45(44)34-23-21-33(22-24-34)35-25-26-37-30-40(28-27-36(37)29-35)47(38-14-5-3-6-15-38)39-16-7-4-8-17-39/h3,5-7,9-16,18-30,39H,4,8,17H2,1-2H3. The maximum Gasteiger partial charge on any atom is 0.0790 e. The predicted octanol–water partition coefficient (Wildman–Crippen LogP) is 11.5. The van der Waals surface area contributed by atoms with Gasteiger partial charge >= 0.3 is 0 Å². The molecule has 0 fully saturated rings. The molecule has 0 N–H and O–H groups in total. The third-order valence-corrected chi connectivity index (χ3v) is 12.5.